The van der Waals surface area contributed by atoms with Crippen LogP contribution in [0.25, 0.3) is 0 Å². The molecule has 0 spiro atoms. The largest absolute Gasteiger partial charge is 0.481 e. The van der Waals surface area contributed by atoms with Gasteiger partial charge in [0.05, 0.1) is 6.61 Å². The maximum atomic E-state index is 10.4. The van der Waals surface area contributed by atoms with Gasteiger partial charge in [-0.1, -0.05) is 0 Å². The van der Waals surface area contributed by atoms with E-state index in [9.17, 15) is 19.2 Å². The fourth-order valence-corrected chi connectivity index (χ4v) is 1.26. The van der Waals surface area contributed by atoms with Crippen molar-refractivity contribution in [3.63, 3.8) is 0 Å². The van der Waals surface area contributed by atoms with E-state index < -0.39 is 11.9 Å². The Morgan fingerprint density at radius 1 is 0.909 bits per heavy atom. The molecule has 0 amide bonds. The lowest BCUT2D eigenvalue weighted by molar-refractivity contribution is -0.147. The zero-order valence-corrected chi connectivity index (χ0v) is 13.2. The second-order valence-corrected chi connectivity index (χ2v) is 4.54. The zero-order chi connectivity index (χ0) is 17.5. The number of hydrogen-bond acceptors (Lipinski definition) is 6. The van der Waals surface area contributed by atoms with E-state index >= 15 is 0 Å². The molecule has 22 heavy (non-hydrogen) atoms. The highest BCUT2D eigenvalue weighted by Gasteiger charge is 2.05. The van der Waals surface area contributed by atoms with Gasteiger partial charge in [-0.05, 0) is 19.8 Å². The molecule has 2 N–H and O–H groups in total. The number of carboxylic acids is 2. The molecule has 128 valence electrons. The van der Waals surface area contributed by atoms with Gasteiger partial charge in [0.15, 0.2) is 0 Å². The van der Waals surface area contributed by atoms with E-state index in [0.717, 1.165) is 0 Å². The monoisotopic (exact) mass is 320 g/mol. The fraction of sp³-hybridized carbons (Fsp3) is 0.714. The lowest BCUT2D eigenvalue weighted by Gasteiger charge is -2.10. The van der Waals surface area contributed by atoms with Crippen molar-refractivity contribution in [1.29, 1.82) is 0 Å². The number of unbranched alkanes of at least 4 members (excludes halogenated alkanes) is 1. The van der Waals surface area contributed by atoms with Crippen molar-refractivity contribution in [2.24, 2.45) is 0 Å². The number of ether oxygens (including phenoxy) is 2. The summed E-state index contributed by atoms with van der Waals surface area (Å²) in [6.45, 7) is 4.74. The third-order valence-corrected chi connectivity index (χ3v) is 2.23. The molecule has 8 nitrogen and oxygen atoms in total. The van der Waals surface area contributed by atoms with Crippen LogP contribution in [0, 0.1) is 0 Å². The molecule has 0 saturated heterocycles. The van der Waals surface area contributed by atoms with Crippen LogP contribution in [0.5, 0.6) is 0 Å². The minimum atomic E-state index is -0.870. The van der Waals surface area contributed by atoms with E-state index in [1.807, 2.05) is 0 Å². The number of aliphatic carboxylic acids is 2. The number of esters is 2. The quantitative estimate of drug-likeness (QED) is 0.484. The summed E-state index contributed by atoms with van der Waals surface area (Å²) >= 11 is 0. The topological polar surface area (TPSA) is 127 Å². The van der Waals surface area contributed by atoms with Crippen LogP contribution in [0.4, 0.5) is 0 Å². The molecule has 0 aliphatic heterocycles. The summed E-state index contributed by atoms with van der Waals surface area (Å²) in [5.74, 6) is -2.37. The molecule has 1 atom stereocenters. The number of carbonyl (C=O) groups is 4. The van der Waals surface area contributed by atoms with E-state index in [1.165, 1.54) is 13.8 Å². The molecule has 8 heteroatoms. The standard InChI is InChI=1S/C8H14O4.C6H10O4/c1-6(12-8(3)10)4-5-11-7(2)9;7-5(8)3-1-2-4-6(9)10/h6H,4-5H2,1-3H3;1-4H2,(H,7,8)(H,9,10). The average Bonchev–Trinajstić information content (AvgIpc) is 2.33. The summed E-state index contributed by atoms with van der Waals surface area (Å²) < 4.78 is 9.47. The van der Waals surface area contributed by atoms with Gasteiger partial charge in [-0.2, -0.15) is 0 Å². The van der Waals surface area contributed by atoms with Crippen LogP contribution in [0.2, 0.25) is 0 Å². The second-order valence-electron chi connectivity index (χ2n) is 4.54. The van der Waals surface area contributed by atoms with Crippen molar-refractivity contribution in [2.75, 3.05) is 6.61 Å². The van der Waals surface area contributed by atoms with Crippen molar-refractivity contribution in [1.82, 2.24) is 0 Å². The Balaban J connectivity index is 0. The lowest BCUT2D eigenvalue weighted by Crippen LogP contribution is -2.15. The number of carbonyl (C=O) groups excluding carboxylic acids is 2. The van der Waals surface area contributed by atoms with Crippen molar-refractivity contribution < 1.29 is 38.9 Å². The highest BCUT2D eigenvalue weighted by atomic mass is 16.6. The van der Waals surface area contributed by atoms with E-state index in [4.69, 9.17) is 14.9 Å². The average molecular weight is 320 g/mol. The summed E-state index contributed by atoms with van der Waals surface area (Å²) in [5, 5.41) is 16.3. The molecule has 0 bridgehead atoms. The highest BCUT2D eigenvalue weighted by Crippen LogP contribution is 1.99. The maximum Gasteiger partial charge on any atom is 0.303 e. The summed E-state index contributed by atoms with van der Waals surface area (Å²) in [6, 6.07) is 0. The molecule has 0 rings (SSSR count). The minimum absolute atomic E-state index is 0.0628. The molecule has 0 fully saturated rings. The first kappa shape index (κ1) is 22.2. The summed E-state index contributed by atoms with van der Waals surface area (Å²) in [5.41, 5.74) is 0. The minimum Gasteiger partial charge on any atom is -0.481 e. The molecular formula is C14H24O8. The van der Waals surface area contributed by atoms with Crippen molar-refractivity contribution >= 4 is 23.9 Å². The zero-order valence-electron chi connectivity index (χ0n) is 13.2. The SMILES string of the molecule is CC(=O)OCCC(C)OC(C)=O.O=C(O)CCCCC(=O)O. The van der Waals surface area contributed by atoms with Gasteiger partial charge < -0.3 is 19.7 Å². The Labute approximate surface area is 129 Å². The molecule has 0 saturated carbocycles. The Morgan fingerprint density at radius 3 is 1.68 bits per heavy atom. The molecule has 0 heterocycles. The lowest BCUT2D eigenvalue weighted by atomic mass is 10.2. The van der Waals surface area contributed by atoms with Crippen LogP contribution < -0.4 is 0 Å². The van der Waals surface area contributed by atoms with E-state index in [0.29, 0.717) is 25.9 Å². The Bertz CT molecular complexity index is 348. The van der Waals surface area contributed by atoms with Gasteiger partial charge in [-0.15, -0.1) is 0 Å². The molecule has 1 unspecified atom stereocenters. The van der Waals surface area contributed by atoms with Crippen LogP contribution in [0.1, 0.15) is 52.9 Å². The van der Waals surface area contributed by atoms with Crippen molar-refractivity contribution in [2.45, 2.75) is 59.0 Å². The molecule has 0 aromatic carbocycles. The third kappa shape index (κ3) is 23.0. The fourth-order valence-electron chi connectivity index (χ4n) is 1.26. The van der Waals surface area contributed by atoms with Crippen molar-refractivity contribution in [3.8, 4) is 0 Å². The Morgan fingerprint density at radius 2 is 1.36 bits per heavy atom. The van der Waals surface area contributed by atoms with Crippen LogP contribution in [0.15, 0.2) is 0 Å². The number of rotatable bonds is 9. The van der Waals surface area contributed by atoms with Crippen molar-refractivity contribution in [3.05, 3.63) is 0 Å². The van der Waals surface area contributed by atoms with Gasteiger partial charge in [0.2, 0.25) is 0 Å². The van der Waals surface area contributed by atoms with E-state index in [1.54, 1.807) is 6.92 Å². The first-order valence-corrected chi connectivity index (χ1v) is 6.89. The molecular weight excluding hydrogens is 296 g/mol. The van der Waals surface area contributed by atoms with Crippen LogP contribution in [-0.2, 0) is 28.7 Å². The Kier molecular flexibility index (Phi) is 13.9. The van der Waals surface area contributed by atoms with Gasteiger partial charge in [-0.25, -0.2) is 0 Å². The summed E-state index contributed by atoms with van der Waals surface area (Å²) in [6.07, 6.45) is 1.37. The van der Waals surface area contributed by atoms with E-state index in [2.05, 4.69) is 4.74 Å². The smallest absolute Gasteiger partial charge is 0.303 e. The maximum absolute atomic E-state index is 10.4. The Hall–Kier alpha value is -2.12. The summed E-state index contributed by atoms with van der Waals surface area (Å²) in [4.78, 5) is 40.5. The normalized spacial score (nSPS) is 10.7. The second kappa shape index (κ2) is 13.8. The molecule has 0 aromatic rings. The van der Waals surface area contributed by atoms with E-state index in [-0.39, 0.29) is 30.9 Å². The molecule has 0 radical (unpaired) electrons. The molecule has 0 aliphatic rings. The van der Waals surface area contributed by atoms with Crippen LogP contribution in [0.3, 0.4) is 0 Å². The molecule has 0 aliphatic carbocycles. The third-order valence-electron chi connectivity index (χ3n) is 2.23. The van der Waals surface area contributed by atoms with Gasteiger partial charge >= 0.3 is 23.9 Å². The van der Waals surface area contributed by atoms with Gasteiger partial charge in [0.1, 0.15) is 6.10 Å². The first-order chi connectivity index (χ1) is 10.1. The van der Waals surface area contributed by atoms with Gasteiger partial charge in [0.25, 0.3) is 0 Å². The van der Waals surface area contributed by atoms with Gasteiger partial charge in [-0.3, -0.25) is 19.2 Å². The predicted molar refractivity (Wildman–Crippen MR) is 76.2 cm³/mol. The first-order valence-electron chi connectivity index (χ1n) is 6.89. The van der Waals surface area contributed by atoms with Crippen LogP contribution in [-0.4, -0.2) is 46.8 Å². The number of hydrogen-bond donors (Lipinski definition) is 2. The predicted octanol–water partition coefficient (Wildman–Crippen LogP) is 1.61. The summed E-state index contributed by atoms with van der Waals surface area (Å²) in [7, 11) is 0. The van der Waals surface area contributed by atoms with Crippen LogP contribution >= 0.6 is 0 Å². The molecule has 0 aromatic heterocycles. The highest BCUT2D eigenvalue weighted by molar-refractivity contribution is 5.68. The van der Waals surface area contributed by atoms with Gasteiger partial charge in [0, 0.05) is 33.1 Å². The number of carboxylic acid groups (broad SMARTS) is 2.